The molecule has 0 bridgehead atoms. The van der Waals surface area contributed by atoms with Gasteiger partial charge in [0.1, 0.15) is 11.0 Å². The van der Waals surface area contributed by atoms with Crippen molar-refractivity contribution in [1.82, 2.24) is 9.97 Å². The second-order valence-corrected chi connectivity index (χ2v) is 7.50. The van der Waals surface area contributed by atoms with Crippen LogP contribution in [0.25, 0.3) is 0 Å². The number of nitrogens with zero attached hydrogens (tertiary/aromatic N) is 2. The summed E-state index contributed by atoms with van der Waals surface area (Å²) in [5.41, 5.74) is 4.50. The minimum Gasteiger partial charge on any atom is -0.497 e. The molecule has 5 nitrogen and oxygen atoms in total. The molecule has 0 saturated carbocycles. The number of hydrogen-bond acceptors (Lipinski definition) is 5. The topological polar surface area (TPSA) is 64.1 Å². The van der Waals surface area contributed by atoms with Crippen LogP contribution in [-0.2, 0) is 4.79 Å². The van der Waals surface area contributed by atoms with Crippen molar-refractivity contribution >= 4 is 23.4 Å². The fraction of sp³-hybridized carbons (Fsp3) is 0.227. The lowest BCUT2D eigenvalue weighted by atomic mass is 10.1. The quantitative estimate of drug-likeness (QED) is 0.477. The van der Waals surface area contributed by atoms with Crippen LogP contribution in [0.15, 0.2) is 59.8 Å². The zero-order valence-corrected chi connectivity index (χ0v) is 17.2. The first kappa shape index (κ1) is 19.9. The van der Waals surface area contributed by atoms with Crippen molar-refractivity contribution in [2.24, 2.45) is 0 Å². The van der Waals surface area contributed by atoms with Gasteiger partial charge >= 0.3 is 0 Å². The van der Waals surface area contributed by atoms with Gasteiger partial charge in [0, 0.05) is 23.1 Å². The molecule has 0 aliphatic rings. The maximum absolute atomic E-state index is 13.1. The molecule has 6 heteroatoms. The fourth-order valence-corrected chi connectivity index (χ4v) is 3.76. The molecular weight excluding hydrogens is 370 g/mol. The number of aromatic nitrogens is 2. The van der Waals surface area contributed by atoms with Crippen molar-refractivity contribution in [2.75, 3.05) is 12.4 Å². The van der Waals surface area contributed by atoms with Gasteiger partial charge in [-0.05, 0) is 44.0 Å². The van der Waals surface area contributed by atoms with E-state index in [4.69, 9.17) is 4.74 Å². The van der Waals surface area contributed by atoms with Gasteiger partial charge in [0.15, 0.2) is 5.16 Å². The Kier molecular flexibility index (Phi) is 6.31. The molecule has 1 amide bonds. The van der Waals surface area contributed by atoms with Gasteiger partial charge in [-0.3, -0.25) is 4.79 Å². The molecule has 0 spiro atoms. The molecule has 144 valence electrons. The number of amides is 1. The number of thioether (sulfide) groups is 1. The zero-order valence-electron chi connectivity index (χ0n) is 16.4. The van der Waals surface area contributed by atoms with Crippen molar-refractivity contribution in [3.8, 4) is 5.75 Å². The van der Waals surface area contributed by atoms with E-state index in [0.717, 1.165) is 22.5 Å². The van der Waals surface area contributed by atoms with E-state index in [9.17, 15) is 4.79 Å². The van der Waals surface area contributed by atoms with E-state index in [1.807, 2.05) is 69.3 Å². The van der Waals surface area contributed by atoms with Crippen LogP contribution in [0.4, 0.5) is 5.69 Å². The molecule has 3 aromatic rings. The highest BCUT2D eigenvalue weighted by molar-refractivity contribution is 8.00. The number of rotatable bonds is 6. The average molecular weight is 394 g/mol. The number of aryl methyl sites for hydroxylation is 2. The highest BCUT2D eigenvalue weighted by Crippen LogP contribution is 2.35. The van der Waals surface area contributed by atoms with Crippen LogP contribution in [0.3, 0.4) is 0 Å². The summed E-state index contributed by atoms with van der Waals surface area (Å²) < 4.78 is 5.24. The summed E-state index contributed by atoms with van der Waals surface area (Å²) in [4.78, 5) is 22.3. The van der Waals surface area contributed by atoms with Gasteiger partial charge < -0.3 is 10.1 Å². The van der Waals surface area contributed by atoms with E-state index in [2.05, 4.69) is 15.3 Å². The van der Waals surface area contributed by atoms with Crippen molar-refractivity contribution in [1.29, 1.82) is 0 Å². The van der Waals surface area contributed by atoms with E-state index in [1.165, 1.54) is 11.8 Å². The fourth-order valence-electron chi connectivity index (χ4n) is 2.71. The summed E-state index contributed by atoms with van der Waals surface area (Å²) in [5, 5.41) is 3.10. The van der Waals surface area contributed by atoms with Crippen molar-refractivity contribution < 1.29 is 9.53 Å². The molecule has 2 aromatic carbocycles. The van der Waals surface area contributed by atoms with E-state index in [0.29, 0.717) is 16.6 Å². The Labute approximate surface area is 169 Å². The number of ether oxygens (including phenoxy) is 1. The van der Waals surface area contributed by atoms with Gasteiger partial charge in [0.2, 0.25) is 5.91 Å². The Hall–Kier alpha value is -2.86. The van der Waals surface area contributed by atoms with Crippen molar-refractivity contribution in [2.45, 2.75) is 31.2 Å². The minimum absolute atomic E-state index is 0.135. The van der Waals surface area contributed by atoms with E-state index in [1.54, 1.807) is 13.2 Å². The molecule has 1 heterocycles. The van der Waals surface area contributed by atoms with Gasteiger partial charge in [-0.1, -0.05) is 48.2 Å². The lowest BCUT2D eigenvalue weighted by molar-refractivity contribution is -0.115. The third kappa shape index (κ3) is 4.70. The molecule has 1 N–H and O–H groups in total. The molecule has 1 unspecified atom stereocenters. The van der Waals surface area contributed by atoms with Crippen molar-refractivity contribution in [3.63, 3.8) is 0 Å². The number of anilines is 1. The monoisotopic (exact) mass is 393 g/mol. The van der Waals surface area contributed by atoms with Gasteiger partial charge in [0.05, 0.1) is 7.11 Å². The van der Waals surface area contributed by atoms with Crippen LogP contribution < -0.4 is 10.1 Å². The number of nitrogens with one attached hydrogen (secondary N) is 1. The molecule has 1 atom stereocenters. The standard InChI is InChI=1S/C22H23N3O2S/c1-14-15(2)23-22(24-16(14)3)28-20(17-9-6-5-7-10-17)21(26)25-18-11-8-12-19(13-18)27-4/h5-13,20H,1-4H3,(H,25,26). The molecule has 0 radical (unpaired) electrons. The summed E-state index contributed by atoms with van der Waals surface area (Å²) in [7, 11) is 1.60. The Balaban J connectivity index is 1.90. The predicted octanol–water partition coefficient (Wildman–Crippen LogP) is 4.88. The van der Waals surface area contributed by atoms with Crippen molar-refractivity contribution in [3.05, 3.63) is 77.1 Å². The second kappa shape index (κ2) is 8.89. The number of carbonyl (C=O) groups excluding carboxylic acids is 1. The third-order valence-corrected chi connectivity index (χ3v) is 5.63. The second-order valence-electron chi connectivity index (χ2n) is 6.43. The lowest BCUT2D eigenvalue weighted by Crippen LogP contribution is -2.19. The van der Waals surface area contributed by atoms with E-state index in [-0.39, 0.29) is 5.91 Å². The predicted molar refractivity (Wildman–Crippen MR) is 113 cm³/mol. The molecule has 0 fully saturated rings. The molecule has 0 aliphatic carbocycles. The van der Waals surface area contributed by atoms with Gasteiger partial charge in [-0.25, -0.2) is 9.97 Å². The van der Waals surface area contributed by atoms with Crippen LogP contribution in [0.1, 0.15) is 27.8 Å². The van der Waals surface area contributed by atoms with Crippen LogP contribution in [-0.4, -0.2) is 23.0 Å². The first-order valence-corrected chi connectivity index (χ1v) is 9.84. The third-order valence-electron chi connectivity index (χ3n) is 4.51. The average Bonchev–Trinajstić information content (AvgIpc) is 2.70. The highest BCUT2D eigenvalue weighted by atomic mass is 32.2. The number of carbonyl (C=O) groups is 1. The van der Waals surface area contributed by atoms with Crippen LogP contribution in [0, 0.1) is 20.8 Å². The molecule has 28 heavy (non-hydrogen) atoms. The molecule has 1 aromatic heterocycles. The first-order valence-electron chi connectivity index (χ1n) is 8.96. The number of benzene rings is 2. The summed E-state index contributed by atoms with van der Waals surface area (Å²) >= 11 is 1.35. The normalized spacial score (nSPS) is 11.7. The largest absolute Gasteiger partial charge is 0.497 e. The molecule has 3 rings (SSSR count). The number of methoxy groups -OCH3 is 1. The van der Waals surface area contributed by atoms with Gasteiger partial charge in [-0.2, -0.15) is 0 Å². The van der Waals surface area contributed by atoms with Gasteiger partial charge in [-0.15, -0.1) is 0 Å². The maximum Gasteiger partial charge on any atom is 0.242 e. The van der Waals surface area contributed by atoms with E-state index < -0.39 is 5.25 Å². The Bertz CT molecular complexity index is 954. The van der Waals surface area contributed by atoms with Gasteiger partial charge in [0.25, 0.3) is 0 Å². The number of hydrogen-bond donors (Lipinski definition) is 1. The summed E-state index contributed by atoms with van der Waals surface area (Å²) in [6.45, 7) is 5.92. The first-order chi connectivity index (χ1) is 13.5. The SMILES string of the molecule is COc1cccc(NC(=O)C(Sc2nc(C)c(C)c(C)n2)c2ccccc2)c1. The van der Waals surface area contributed by atoms with Crippen LogP contribution in [0.5, 0.6) is 5.75 Å². The van der Waals surface area contributed by atoms with E-state index >= 15 is 0 Å². The molecule has 0 saturated heterocycles. The Morgan fingerprint density at radius 2 is 1.68 bits per heavy atom. The summed E-state index contributed by atoms with van der Waals surface area (Å²) in [6, 6.07) is 17.0. The highest BCUT2D eigenvalue weighted by Gasteiger charge is 2.24. The summed E-state index contributed by atoms with van der Waals surface area (Å²) in [6.07, 6.45) is 0. The van der Waals surface area contributed by atoms with Crippen LogP contribution in [0.2, 0.25) is 0 Å². The zero-order chi connectivity index (χ0) is 20.1. The lowest BCUT2D eigenvalue weighted by Gasteiger charge is -2.17. The molecule has 0 aliphatic heterocycles. The smallest absolute Gasteiger partial charge is 0.242 e. The maximum atomic E-state index is 13.1. The summed E-state index contributed by atoms with van der Waals surface area (Å²) in [5.74, 6) is 0.554. The Morgan fingerprint density at radius 3 is 2.32 bits per heavy atom. The molecular formula is C22H23N3O2S. The minimum atomic E-state index is -0.478. The van der Waals surface area contributed by atoms with Crippen LogP contribution >= 0.6 is 11.8 Å². The Morgan fingerprint density at radius 1 is 1.00 bits per heavy atom.